The summed E-state index contributed by atoms with van der Waals surface area (Å²) < 4.78 is 10.7. The Kier molecular flexibility index (Phi) is 6.61. The predicted octanol–water partition coefficient (Wildman–Crippen LogP) is 3.32. The first-order chi connectivity index (χ1) is 12.2. The van der Waals surface area contributed by atoms with Gasteiger partial charge in [-0.05, 0) is 36.3 Å². The van der Waals surface area contributed by atoms with Crippen LogP contribution < -0.4 is 14.8 Å². The SMILES string of the molecule is CCOc1cc(/C=C(\C#N)C(=O)NCc2ccccc2)ccc1OC. The lowest BCUT2D eigenvalue weighted by atomic mass is 10.1. The van der Waals surface area contributed by atoms with Crippen LogP contribution in [0.15, 0.2) is 54.1 Å². The summed E-state index contributed by atoms with van der Waals surface area (Å²) >= 11 is 0. The molecule has 0 heterocycles. The molecule has 5 nitrogen and oxygen atoms in total. The molecule has 25 heavy (non-hydrogen) atoms. The van der Waals surface area contributed by atoms with Gasteiger partial charge in [-0.3, -0.25) is 4.79 Å². The van der Waals surface area contributed by atoms with Crippen molar-refractivity contribution in [2.24, 2.45) is 0 Å². The molecule has 0 saturated carbocycles. The van der Waals surface area contributed by atoms with Crippen LogP contribution >= 0.6 is 0 Å². The third kappa shape index (κ3) is 5.11. The Bertz CT molecular complexity index is 792. The van der Waals surface area contributed by atoms with Crippen molar-refractivity contribution in [1.29, 1.82) is 5.26 Å². The quantitative estimate of drug-likeness (QED) is 0.622. The van der Waals surface area contributed by atoms with Gasteiger partial charge in [-0.1, -0.05) is 36.4 Å². The highest BCUT2D eigenvalue weighted by atomic mass is 16.5. The molecule has 2 aromatic carbocycles. The first kappa shape index (κ1) is 18.1. The van der Waals surface area contributed by atoms with Gasteiger partial charge in [0.25, 0.3) is 5.91 Å². The minimum absolute atomic E-state index is 0.0311. The molecule has 5 heteroatoms. The van der Waals surface area contributed by atoms with E-state index >= 15 is 0 Å². The van der Waals surface area contributed by atoms with Crippen molar-refractivity contribution in [3.05, 3.63) is 65.2 Å². The Labute approximate surface area is 147 Å². The molecule has 0 unspecified atom stereocenters. The lowest BCUT2D eigenvalue weighted by Gasteiger charge is -2.10. The number of hydrogen-bond donors (Lipinski definition) is 1. The van der Waals surface area contributed by atoms with Crippen LogP contribution in [-0.4, -0.2) is 19.6 Å². The largest absolute Gasteiger partial charge is 0.493 e. The molecule has 0 spiro atoms. The van der Waals surface area contributed by atoms with E-state index in [9.17, 15) is 10.1 Å². The van der Waals surface area contributed by atoms with E-state index in [0.717, 1.165) is 5.56 Å². The van der Waals surface area contributed by atoms with E-state index in [0.29, 0.717) is 30.2 Å². The number of amides is 1. The van der Waals surface area contributed by atoms with Crippen molar-refractivity contribution in [1.82, 2.24) is 5.32 Å². The number of methoxy groups -OCH3 is 1. The summed E-state index contributed by atoms with van der Waals surface area (Å²) in [6, 6.07) is 16.7. The molecular weight excluding hydrogens is 316 g/mol. The molecule has 0 aliphatic rings. The molecule has 0 bridgehead atoms. The van der Waals surface area contributed by atoms with Crippen molar-refractivity contribution < 1.29 is 14.3 Å². The van der Waals surface area contributed by atoms with Crippen LogP contribution in [0.2, 0.25) is 0 Å². The Morgan fingerprint density at radius 3 is 2.60 bits per heavy atom. The van der Waals surface area contributed by atoms with E-state index in [1.54, 1.807) is 25.3 Å². The smallest absolute Gasteiger partial charge is 0.262 e. The molecule has 1 amide bonds. The lowest BCUT2D eigenvalue weighted by molar-refractivity contribution is -0.117. The van der Waals surface area contributed by atoms with Crippen LogP contribution in [0.25, 0.3) is 6.08 Å². The van der Waals surface area contributed by atoms with Gasteiger partial charge in [0.2, 0.25) is 0 Å². The number of nitriles is 1. The first-order valence-corrected chi connectivity index (χ1v) is 7.92. The van der Waals surface area contributed by atoms with Gasteiger partial charge >= 0.3 is 0 Å². The van der Waals surface area contributed by atoms with Crippen LogP contribution in [0.4, 0.5) is 0 Å². The molecule has 0 aromatic heterocycles. The zero-order valence-electron chi connectivity index (χ0n) is 14.3. The number of carbonyl (C=O) groups is 1. The van der Waals surface area contributed by atoms with Crippen molar-refractivity contribution >= 4 is 12.0 Å². The second kappa shape index (κ2) is 9.14. The number of nitrogens with zero attached hydrogens (tertiary/aromatic N) is 1. The van der Waals surface area contributed by atoms with Crippen molar-refractivity contribution in [3.8, 4) is 17.6 Å². The van der Waals surface area contributed by atoms with Crippen LogP contribution in [0, 0.1) is 11.3 Å². The monoisotopic (exact) mass is 336 g/mol. The topological polar surface area (TPSA) is 71.3 Å². The molecule has 0 atom stereocenters. The first-order valence-electron chi connectivity index (χ1n) is 7.92. The molecular formula is C20H20N2O3. The Morgan fingerprint density at radius 2 is 1.96 bits per heavy atom. The standard InChI is InChI=1S/C20H20N2O3/c1-3-25-19-12-16(9-10-18(19)24-2)11-17(13-21)20(23)22-14-15-7-5-4-6-8-15/h4-12H,3,14H2,1-2H3,(H,22,23)/b17-11+. The van der Waals surface area contributed by atoms with E-state index < -0.39 is 5.91 Å². The molecule has 1 N–H and O–H groups in total. The van der Waals surface area contributed by atoms with Gasteiger partial charge in [-0.25, -0.2) is 0 Å². The van der Waals surface area contributed by atoms with Crippen molar-refractivity contribution in [2.45, 2.75) is 13.5 Å². The number of benzene rings is 2. The summed E-state index contributed by atoms with van der Waals surface area (Å²) in [4.78, 5) is 12.2. The number of nitrogens with one attached hydrogen (secondary N) is 1. The van der Waals surface area contributed by atoms with Gasteiger partial charge in [-0.2, -0.15) is 5.26 Å². The second-order valence-corrected chi connectivity index (χ2v) is 5.18. The van der Waals surface area contributed by atoms with Gasteiger partial charge < -0.3 is 14.8 Å². The maximum absolute atomic E-state index is 12.2. The number of carbonyl (C=O) groups excluding carboxylic acids is 1. The Morgan fingerprint density at radius 1 is 1.20 bits per heavy atom. The van der Waals surface area contributed by atoms with Crippen molar-refractivity contribution in [2.75, 3.05) is 13.7 Å². The van der Waals surface area contributed by atoms with Gasteiger partial charge in [0.05, 0.1) is 13.7 Å². The fraction of sp³-hybridized carbons (Fsp3) is 0.200. The zero-order valence-corrected chi connectivity index (χ0v) is 14.3. The Hall–Kier alpha value is -3.26. The van der Waals surface area contributed by atoms with E-state index in [4.69, 9.17) is 9.47 Å². The average Bonchev–Trinajstić information content (AvgIpc) is 2.65. The summed E-state index contributed by atoms with van der Waals surface area (Å²) in [6.07, 6.45) is 1.53. The molecule has 128 valence electrons. The Balaban J connectivity index is 2.14. The van der Waals surface area contributed by atoms with E-state index in [1.807, 2.05) is 43.3 Å². The number of ether oxygens (including phenoxy) is 2. The maximum atomic E-state index is 12.2. The van der Waals surface area contributed by atoms with Crippen LogP contribution in [0.1, 0.15) is 18.1 Å². The van der Waals surface area contributed by atoms with Crippen LogP contribution in [0.5, 0.6) is 11.5 Å². The van der Waals surface area contributed by atoms with Gasteiger partial charge in [0.1, 0.15) is 11.6 Å². The van der Waals surface area contributed by atoms with Gasteiger partial charge in [0.15, 0.2) is 11.5 Å². The molecule has 2 aromatic rings. The molecule has 0 aliphatic heterocycles. The predicted molar refractivity (Wildman–Crippen MR) is 96.0 cm³/mol. The molecule has 0 saturated heterocycles. The highest BCUT2D eigenvalue weighted by Gasteiger charge is 2.10. The summed E-state index contributed by atoms with van der Waals surface area (Å²) in [6.45, 7) is 2.73. The third-order valence-corrected chi connectivity index (χ3v) is 3.46. The highest BCUT2D eigenvalue weighted by Crippen LogP contribution is 2.28. The highest BCUT2D eigenvalue weighted by molar-refractivity contribution is 6.01. The van der Waals surface area contributed by atoms with E-state index in [-0.39, 0.29) is 5.57 Å². The lowest BCUT2D eigenvalue weighted by Crippen LogP contribution is -2.23. The minimum Gasteiger partial charge on any atom is -0.493 e. The summed E-state index contributed by atoms with van der Waals surface area (Å²) in [5.74, 6) is 0.756. The third-order valence-electron chi connectivity index (χ3n) is 3.46. The average molecular weight is 336 g/mol. The maximum Gasteiger partial charge on any atom is 0.262 e. The van der Waals surface area contributed by atoms with E-state index in [2.05, 4.69) is 5.32 Å². The zero-order chi connectivity index (χ0) is 18.1. The normalized spacial score (nSPS) is 10.7. The molecule has 0 radical (unpaired) electrons. The van der Waals surface area contributed by atoms with Gasteiger partial charge in [0, 0.05) is 6.54 Å². The van der Waals surface area contributed by atoms with Crippen LogP contribution in [-0.2, 0) is 11.3 Å². The van der Waals surface area contributed by atoms with E-state index in [1.165, 1.54) is 6.08 Å². The van der Waals surface area contributed by atoms with Gasteiger partial charge in [-0.15, -0.1) is 0 Å². The number of hydrogen-bond acceptors (Lipinski definition) is 4. The summed E-state index contributed by atoms with van der Waals surface area (Å²) in [5.41, 5.74) is 1.69. The second-order valence-electron chi connectivity index (χ2n) is 5.18. The number of rotatable bonds is 7. The fourth-order valence-electron chi connectivity index (χ4n) is 2.24. The molecule has 0 fully saturated rings. The van der Waals surface area contributed by atoms with Crippen molar-refractivity contribution in [3.63, 3.8) is 0 Å². The summed E-state index contributed by atoms with van der Waals surface area (Å²) in [5, 5.41) is 12.0. The summed E-state index contributed by atoms with van der Waals surface area (Å²) in [7, 11) is 1.56. The minimum atomic E-state index is -0.417. The van der Waals surface area contributed by atoms with Crippen LogP contribution in [0.3, 0.4) is 0 Å². The fourth-order valence-corrected chi connectivity index (χ4v) is 2.24. The molecule has 2 rings (SSSR count). The molecule has 0 aliphatic carbocycles.